The average Bonchev–Trinajstić information content (AvgIpc) is 3.34. The fraction of sp³-hybridized carbons (Fsp3) is 0.368. The van der Waals surface area contributed by atoms with Gasteiger partial charge in [0.05, 0.1) is 17.5 Å². The van der Waals surface area contributed by atoms with Crippen LogP contribution in [-0.2, 0) is 0 Å². The van der Waals surface area contributed by atoms with Gasteiger partial charge in [-0.15, -0.1) is 12.4 Å². The lowest BCUT2D eigenvalue weighted by Gasteiger charge is -2.19. The summed E-state index contributed by atoms with van der Waals surface area (Å²) in [6.45, 7) is 2.71. The van der Waals surface area contributed by atoms with E-state index in [-0.39, 0.29) is 30.0 Å². The summed E-state index contributed by atoms with van der Waals surface area (Å²) >= 11 is 0. The Morgan fingerprint density at radius 3 is 2.77 bits per heavy atom. The first kappa shape index (κ1) is 20.0. The van der Waals surface area contributed by atoms with Crippen LogP contribution < -0.4 is 15.5 Å². The molecule has 2 N–H and O–H groups in total. The Morgan fingerprint density at radius 1 is 1.27 bits per heavy atom. The zero-order chi connectivity index (χ0) is 17.6. The maximum atomic E-state index is 12.6. The number of rotatable bonds is 6. The Bertz CT molecular complexity index is 727. The summed E-state index contributed by atoms with van der Waals surface area (Å²) in [5, 5.41) is 6.29. The Balaban J connectivity index is 0.00000243. The molecule has 0 saturated carbocycles. The van der Waals surface area contributed by atoms with Gasteiger partial charge in [0.25, 0.3) is 11.8 Å². The first-order valence-corrected chi connectivity index (χ1v) is 8.56. The van der Waals surface area contributed by atoms with Crippen molar-refractivity contribution < 1.29 is 14.0 Å². The summed E-state index contributed by atoms with van der Waals surface area (Å²) in [5.74, 6) is 0.410. The Labute approximate surface area is 159 Å². The molecule has 2 heterocycles. The van der Waals surface area contributed by atoms with E-state index in [2.05, 4.69) is 10.6 Å². The summed E-state index contributed by atoms with van der Waals surface area (Å²) < 4.78 is 5.16. The number of furan rings is 1. The van der Waals surface area contributed by atoms with E-state index < -0.39 is 0 Å². The number of amides is 2. The summed E-state index contributed by atoms with van der Waals surface area (Å²) in [7, 11) is 1.64. The van der Waals surface area contributed by atoms with E-state index in [0.717, 1.165) is 25.9 Å². The molecule has 0 radical (unpaired) electrons. The number of nitrogens with zero attached hydrogens (tertiary/aromatic N) is 1. The van der Waals surface area contributed by atoms with Crippen LogP contribution in [0.3, 0.4) is 0 Å². The number of benzene rings is 1. The van der Waals surface area contributed by atoms with Crippen LogP contribution in [0.15, 0.2) is 47.1 Å². The predicted octanol–water partition coefficient (Wildman–Crippen LogP) is 2.71. The van der Waals surface area contributed by atoms with Crippen molar-refractivity contribution in [3.05, 3.63) is 54.0 Å². The third-order valence-electron chi connectivity index (χ3n) is 4.55. The first-order chi connectivity index (χ1) is 12.2. The molecule has 2 aromatic rings. The van der Waals surface area contributed by atoms with Gasteiger partial charge in [0.15, 0.2) is 5.76 Å². The average molecular weight is 378 g/mol. The van der Waals surface area contributed by atoms with Gasteiger partial charge >= 0.3 is 0 Å². The molecule has 1 aromatic heterocycles. The highest BCUT2D eigenvalue weighted by Crippen LogP contribution is 2.21. The fourth-order valence-corrected chi connectivity index (χ4v) is 3.08. The second kappa shape index (κ2) is 9.40. The van der Waals surface area contributed by atoms with Crippen LogP contribution in [0, 0.1) is 5.92 Å². The lowest BCUT2D eigenvalue weighted by molar-refractivity contribution is 0.0951. The molecule has 1 saturated heterocycles. The maximum Gasteiger partial charge on any atom is 0.293 e. The molecule has 0 aliphatic carbocycles. The van der Waals surface area contributed by atoms with E-state index >= 15 is 0 Å². The van der Waals surface area contributed by atoms with Gasteiger partial charge in [0, 0.05) is 13.6 Å². The molecule has 6 nitrogen and oxygen atoms in total. The van der Waals surface area contributed by atoms with Gasteiger partial charge in [-0.2, -0.15) is 0 Å². The van der Waals surface area contributed by atoms with E-state index in [1.807, 2.05) is 6.07 Å². The number of carbonyl (C=O) groups excluding carboxylic acids is 2. The smallest absolute Gasteiger partial charge is 0.293 e. The van der Waals surface area contributed by atoms with Gasteiger partial charge in [-0.1, -0.05) is 12.1 Å². The zero-order valence-electron chi connectivity index (χ0n) is 14.7. The van der Waals surface area contributed by atoms with E-state index in [0.29, 0.717) is 23.7 Å². The number of nitrogens with one attached hydrogen (secondary N) is 2. The number of hydrogen-bond acceptors (Lipinski definition) is 4. The zero-order valence-corrected chi connectivity index (χ0v) is 15.6. The minimum absolute atomic E-state index is 0. The van der Waals surface area contributed by atoms with Gasteiger partial charge in [-0.3, -0.25) is 9.59 Å². The van der Waals surface area contributed by atoms with E-state index in [1.165, 1.54) is 11.2 Å². The van der Waals surface area contributed by atoms with Gasteiger partial charge in [0.1, 0.15) is 0 Å². The SMILES string of the molecule is CN(C(=O)c1ccco1)c1ccccc1C(=O)NCCC1CCNC1.Cl. The van der Waals surface area contributed by atoms with Crippen LogP contribution in [0.2, 0.25) is 0 Å². The van der Waals surface area contributed by atoms with Crippen molar-refractivity contribution in [1.82, 2.24) is 10.6 Å². The van der Waals surface area contributed by atoms with Crippen molar-refractivity contribution >= 4 is 29.9 Å². The van der Waals surface area contributed by atoms with Crippen molar-refractivity contribution in [2.75, 3.05) is 31.6 Å². The summed E-state index contributed by atoms with van der Waals surface area (Å²) in [6.07, 6.45) is 3.58. The lowest BCUT2D eigenvalue weighted by Crippen LogP contribution is -2.31. The number of anilines is 1. The summed E-state index contributed by atoms with van der Waals surface area (Å²) in [6, 6.07) is 10.4. The molecule has 26 heavy (non-hydrogen) atoms. The number of carbonyl (C=O) groups is 2. The highest BCUT2D eigenvalue weighted by molar-refractivity contribution is 6.09. The van der Waals surface area contributed by atoms with Crippen molar-refractivity contribution in [1.29, 1.82) is 0 Å². The van der Waals surface area contributed by atoms with E-state index in [9.17, 15) is 9.59 Å². The van der Waals surface area contributed by atoms with Crippen LogP contribution >= 0.6 is 12.4 Å². The molecule has 1 aliphatic rings. The molecule has 3 rings (SSSR count). The van der Waals surface area contributed by atoms with Crippen molar-refractivity contribution in [2.45, 2.75) is 12.8 Å². The minimum atomic E-state index is -0.290. The van der Waals surface area contributed by atoms with Crippen molar-refractivity contribution in [3.63, 3.8) is 0 Å². The second-order valence-corrected chi connectivity index (χ2v) is 6.26. The Hall–Kier alpha value is -2.31. The van der Waals surface area contributed by atoms with Gasteiger partial charge in [0.2, 0.25) is 0 Å². The van der Waals surface area contributed by atoms with E-state index in [1.54, 1.807) is 37.4 Å². The third kappa shape index (κ3) is 4.65. The van der Waals surface area contributed by atoms with Crippen molar-refractivity contribution in [3.8, 4) is 0 Å². The molecular weight excluding hydrogens is 354 g/mol. The number of hydrogen-bond donors (Lipinski definition) is 2. The minimum Gasteiger partial charge on any atom is -0.459 e. The van der Waals surface area contributed by atoms with Gasteiger partial charge in [-0.25, -0.2) is 0 Å². The molecule has 1 unspecified atom stereocenters. The monoisotopic (exact) mass is 377 g/mol. The third-order valence-corrected chi connectivity index (χ3v) is 4.55. The molecule has 0 spiro atoms. The molecule has 1 aliphatic heterocycles. The van der Waals surface area contributed by atoms with Crippen LogP contribution in [0.5, 0.6) is 0 Å². The summed E-state index contributed by atoms with van der Waals surface area (Å²) in [5.41, 5.74) is 1.04. The normalized spacial score (nSPS) is 16.0. The maximum absolute atomic E-state index is 12.6. The van der Waals surface area contributed by atoms with Gasteiger partial charge in [-0.05, 0) is 56.1 Å². The quantitative estimate of drug-likeness (QED) is 0.811. The predicted molar refractivity (Wildman–Crippen MR) is 103 cm³/mol. The largest absolute Gasteiger partial charge is 0.459 e. The molecule has 0 bridgehead atoms. The molecule has 1 fully saturated rings. The first-order valence-electron chi connectivity index (χ1n) is 8.56. The van der Waals surface area contributed by atoms with Gasteiger partial charge < -0.3 is 20.0 Å². The lowest BCUT2D eigenvalue weighted by atomic mass is 10.1. The Morgan fingerprint density at radius 2 is 2.08 bits per heavy atom. The second-order valence-electron chi connectivity index (χ2n) is 6.26. The van der Waals surface area contributed by atoms with Crippen LogP contribution in [0.4, 0.5) is 5.69 Å². The number of halogens is 1. The molecule has 7 heteroatoms. The standard InChI is InChI=1S/C19H23N3O3.ClH/c1-22(19(24)17-7-4-12-25-17)16-6-3-2-5-15(16)18(23)21-11-9-14-8-10-20-13-14;/h2-7,12,14,20H,8-11,13H2,1H3,(H,21,23);1H. The topological polar surface area (TPSA) is 74.6 Å². The fourth-order valence-electron chi connectivity index (χ4n) is 3.08. The molecule has 2 amide bonds. The molecule has 1 aromatic carbocycles. The van der Waals surface area contributed by atoms with Crippen LogP contribution in [0.1, 0.15) is 33.8 Å². The highest BCUT2D eigenvalue weighted by atomic mass is 35.5. The van der Waals surface area contributed by atoms with E-state index in [4.69, 9.17) is 4.42 Å². The highest BCUT2D eigenvalue weighted by Gasteiger charge is 2.21. The van der Waals surface area contributed by atoms with Crippen LogP contribution in [-0.4, -0.2) is 38.5 Å². The van der Waals surface area contributed by atoms with Crippen molar-refractivity contribution in [2.24, 2.45) is 5.92 Å². The molecule has 140 valence electrons. The summed E-state index contributed by atoms with van der Waals surface area (Å²) in [4.78, 5) is 26.5. The number of para-hydroxylation sites is 1. The van der Waals surface area contributed by atoms with Crippen LogP contribution in [0.25, 0.3) is 0 Å². The molecule has 1 atom stereocenters. The molecular formula is C19H24ClN3O3. The Kier molecular flexibility index (Phi) is 7.24.